The summed E-state index contributed by atoms with van der Waals surface area (Å²) in [4.78, 5) is 10.6. The Morgan fingerprint density at radius 1 is 1.40 bits per heavy atom. The summed E-state index contributed by atoms with van der Waals surface area (Å²) < 4.78 is 5.48. The Balaban J connectivity index is 1.92. The lowest BCUT2D eigenvalue weighted by Gasteiger charge is -2.03. The number of nitrogens with two attached hydrogens (primary N) is 1. The van der Waals surface area contributed by atoms with Gasteiger partial charge in [0.1, 0.15) is 6.04 Å². The van der Waals surface area contributed by atoms with E-state index in [0.717, 1.165) is 5.56 Å². The highest BCUT2D eigenvalue weighted by Crippen LogP contribution is 2.21. The second-order valence-electron chi connectivity index (χ2n) is 3.97. The van der Waals surface area contributed by atoms with E-state index in [9.17, 15) is 4.79 Å². The minimum Gasteiger partial charge on any atom is -0.480 e. The zero-order valence-electron chi connectivity index (χ0n) is 10.3. The molecular weight excluding hydrogens is 302 g/mol. The highest BCUT2D eigenvalue weighted by Gasteiger charge is 2.13. The van der Waals surface area contributed by atoms with Crippen LogP contribution in [0.3, 0.4) is 0 Å². The molecule has 0 bridgehead atoms. The van der Waals surface area contributed by atoms with Gasteiger partial charge in [-0.05, 0) is 24.3 Å². The molecule has 1 aromatic carbocycles. The van der Waals surface area contributed by atoms with Gasteiger partial charge in [0, 0.05) is 16.3 Å². The van der Waals surface area contributed by atoms with Gasteiger partial charge in [0.15, 0.2) is 0 Å². The topological polar surface area (TPSA) is 102 Å². The van der Waals surface area contributed by atoms with Crippen LogP contribution in [-0.4, -0.2) is 33.1 Å². The van der Waals surface area contributed by atoms with Crippen molar-refractivity contribution in [1.29, 1.82) is 0 Å². The number of hydrogen-bond acceptors (Lipinski definition) is 6. The Morgan fingerprint density at radius 2 is 2.10 bits per heavy atom. The van der Waals surface area contributed by atoms with Gasteiger partial charge >= 0.3 is 5.97 Å². The van der Waals surface area contributed by atoms with Crippen molar-refractivity contribution in [2.75, 3.05) is 5.75 Å². The van der Waals surface area contributed by atoms with E-state index in [2.05, 4.69) is 10.2 Å². The lowest BCUT2D eigenvalue weighted by atomic mass is 10.2. The summed E-state index contributed by atoms with van der Waals surface area (Å²) in [5.74, 6) is 0.512. The number of carboxylic acids is 1. The van der Waals surface area contributed by atoms with Gasteiger partial charge in [-0.2, -0.15) is 0 Å². The van der Waals surface area contributed by atoms with Crippen LogP contribution in [0, 0.1) is 0 Å². The van der Waals surface area contributed by atoms with Gasteiger partial charge in [-0.15, -0.1) is 22.0 Å². The van der Waals surface area contributed by atoms with Crippen LogP contribution in [0.1, 0.15) is 5.89 Å². The van der Waals surface area contributed by atoms with Gasteiger partial charge in [0.2, 0.25) is 11.8 Å². The zero-order valence-corrected chi connectivity index (χ0v) is 11.9. The van der Waals surface area contributed by atoms with Crippen molar-refractivity contribution in [3.8, 4) is 11.5 Å². The van der Waals surface area contributed by atoms with E-state index >= 15 is 0 Å². The normalized spacial score (nSPS) is 12.3. The fourth-order valence-corrected chi connectivity index (χ4v) is 2.30. The second-order valence-corrected chi connectivity index (χ2v) is 5.43. The second kappa shape index (κ2) is 6.74. The molecule has 1 aromatic heterocycles. The van der Waals surface area contributed by atoms with Gasteiger partial charge < -0.3 is 15.3 Å². The van der Waals surface area contributed by atoms with Crippen molar-refractivity contribution in [3.63, 3.8) is 0 Å². The Labute approximate surface area is 124 Å². The number of benzene rings is 1. The van der Waals surface area contributed by atoms with E-state index < -0.39 is 12.0 Å². The third-order valence-electron chi connectivity index (χ3n) is 2.40. The number of carboxylic acid groups (broad SMARTS) is 1. The van der Waals surface area contributed by atoms with Crippen LogP contribution in [0.25, 0.3) is 11.5 Å². The number of nitrogens with zero attached hydrogens (tertiary/aromatic N) is 2. The predicted molar refractivity (Wildman–Crippen MR) is 76.5 cm³/mol. The van der Waals surface area contributed by atoms with Crippen LogP contribution in [0.2, 0.25) is 5.02 Å². The molecule has 6 nitrogen and oxygen atoms in total. The van der Waals surface area contributed by atoms with E-state index in [1.807, 2.05) is 0 Å². The highest BCUT2D eigenvalue weighted by atomic mass is 35.5. The first kappa shape index (κ1) is 14.8. The molecule has 20 heavy (non-hydrogen) atoms. The molecule has 0 aliphatic carbocycles. The van der Waals surface area contributed by atoms with Crippen molar-refractivity contribution in [3.05, 3.63) is 35.2 Å². The number of hydrogen-bond donors (Lipinski definition) is 2. The quantitative estimate of drug-likeness (QED) is 0.841. The number of aromatic nitrogens is 2. The molecule has 0 fully saturated rings. The third-order valence-corrected chi connectivity index (χ3v) is 3.70. The van der Waals surface area contributed by atoms with Crippen LogP contribution in [-0.2, 0) is 10.5 Å². The Morgan fingerprint density at radius 3 is 2.75 bits per heavy atom. The molecule has 0 saturated heterocycles. The number of carbonyl (C=O) groups is 1. The summed E-state index contributed by atoms with van der Waals surface area (Å²) in [6, 6.07) is 6.15. The van der Waals surface area contributed by atoms with Crippen molar-refractivity contribution >= 4 is 29.3 Å². The molecule has 0 saturated carbocycles. The molecule has 3 N–H and O–H groups in total. The smallest absolute Gasteiger partial charge is 0.321 e. The van der Waals surface area contributed by atoms with E-state index in [1.54, 1.807) is 24.3 Å². The SMILES string of the molecule is NC(CSCc1nnc(-c2ccc(Cl)cc2)o1)C(=O)O. The van der Waals surface area contributed by atoms with Crippen LogP contribution >= 0.6 is 23.4 Å². The molecule has 0 aliphatic rings. The van der Waals surface area contributed by atoms with Crippen LogP contribution in [0.5, 0.6) is 0 Å². The molecule has 1 unspecified atom stereocenters. The number of thioether (sulfide) groups is 1. The van der Waals surface area contributed by atoms with Crippen molar-refractivity contribution in [1.82, 2.24) is 10.2 Å². The summed E-state index contributed by atoms with van der Waals surface area (Å²) >= 11 is 7.13. The first-order valence-corrected chi connectivity index (χ1v) is 7.24. The van der Waals surface area contributed by atoms with Crippen molar-refractivity contribution in [2.24, 2.45) is 5.73 Å². The van der Waals surface area contributed by atoms with Crippen molar-refractivity contribution < 1.29 is 14.3 Å². The van der Waals surface area contributed by atoms with E-state index in [-0.39, 0.29) is 5.75 Å². The zero-order chi connectivity index (χ0) is 14.5. The van der Waals surface area contributed by atoms with Gasteiger partial charge in [0.05, 0.1) is 5.75 Å². The standard InChI is InChI=1S/C12H12ClN3O3S/c13-8-3-1-7(2-4-8)11-16-15-10(19-11)6-20-5-9(14)12(17)18/h1-4,9H,5-6,14H2,(H,17,18). The molecule has 0 radical (unpaired) electrons. The maximum atomic E-state index is 10.6. The maximum Gasteiger partial charge on any atom is 0.321 e. The molecule has 1 atom stereocenters. The lowest BCUT2D eigenvalue weighted by molar-refractivity contribution is -0.137. The molecule has 2 rings (SSSR count). The fourth-order valence-electron chi connectivity index (χ4n) is 1.37. The van der Waals surface area contributed by atoms with E-state index in [1.165, 1.54) is 11.8 Å². The fraction of sp³-hybridized carbons (Fsp3) is 0.250. The van der Waals surface area contributed by atoms with E-state index in [4.69, 9.17) is 26.9 Å². The summed E-state index contributed by atoms with van der Waals surface area (Å²) in [6.45, 7) is 0. The minimum atomic E-state index is -1.02. The molecule has 2 aromatic rings. The van der Waals surface area contributed by atoms with Crippen molar-refractivity contribution in [2.45, 2.75) is 11.8 Å². The molecule has 1 heterocycles. The Bertz CT molecular complexity index is 588. The lowest BCUT2D eigenvalue weighted by Crippen LogP contribution is -2.32. The summed E-state index contributed by atoms with van der Waals surface area (Å²) in [6.07, 6.45) is 0. The van der Waals surface area contributed by atoms with Crippen LogP contribution < -0.4 is 5.73 Å². The summed E-state index contributed by atoms with van der Waals surface area (Å²) in [5, 5.41) is 17.1. The average molecular weight is 314 g/mol. The highest BCUT2D eigenvalue weighted by molar-refractivity contribution is 7.98. The van der Waals surface area contributed by atoms with Gasteiger partial charge in [-0.1, -0.05) is 11.6 Å². The molecule has 0 amide bonds. The maximum absolute atomic E-state index is 10.6. The molecule has 0 aliphatic heterocycles. The summed E-state index contributed by atoms with van der Waals surface area (Å²) in [7, 11) is 0. The molecule has 8 heteroatoms. The van der Waals surface area contributed by atoms with Gasteiger partial charge in [-0.25, -0.2) is 0 Å². The first-order valence-electron chi connectivity index (χ1n) is 5.70. The number of halogens is 1. The average Bonchev–Trinajstić information content (AvgIpc) is 2.88. The van der Waals surface area contributed by atoms with Gasteiger partial charge in [0.25, 0.3) is 0 Å². The molecular formula is C12H12ClN3O3S. The largest absolute Gasteiger partial charge is 0.480 e. The Kier molecular flexibility index (Phi) is 4.99. The Hall–Kier alpha value is -1.57. The van der Waals surface area contributed by atoms with Crippen LogP contribution in [0.15, 0.2) is 28.7 Å². The van der Waals surface area contributed by atoms with E-state index in [0.29, 0.717) is 22.6 Å². The molecule has 0 spiro atoms. The monoisotopic (exact) mass is 313 g/mol. The third kappa shape index (κ3) is 3.96. The predicted octanol–water partition coefficient (Wildman–Crippen LogP) is 2.04. The molecule has 106 valence electrons. The van der Waals surface area contributed by atoms with Crippen LogP contribution in [0.4, 0.5) is 0 Å². The first-order chi connectivity index (χ1) is 9.56. The number of aliphatic carboxylic acids is 1. The van der Waals surface area contributed by atoms with Gasteiger partial charge in [-0.3, -0.25) is 4.79 Å². The number of rotatable bonds is 6. The minimum absolute atomic E-state index is 0.286. The summed E-state index contributed by atoms with van der Waals surface area (Å²) in [5.41, 5.74) is 6.17.